The highest BCUT2D eigenvalue weighted by Crippen LogP contribution is 2.34. The summed E-state index contributed by atoms with van der Waals surface area (Å²) in [5.41, 5.74) is 8.34. The highest BCUT2D eigenvalue weighted by molar-refractivity contribution is 7.18. The molecule has 0 bridgehead atoms. The first-order valence-electron chi connectivity index (χ1n) is 9.40. The number of rotatable bonds is 5. The second-order valence-electron chi connectivity index (χ2n) is 6.88. The van der Waals surface area contributed by atoms with Crippen molar-refractivity contribution < 1.29 is 4.79 Å². The van der Waals surface area contributed by atoms with E-state index in [9.17, 15) is 4.79 Å². The zero-order valence-electron chi connectivity index (χ0n) is 15.6. The van der Waals surface area contributed by atoms with Gasteiger partial charge in [-0.3, -0.25) is 4.79 Å². The van der Waals surface area contributed by atoms with E-state index in [2.05, 4.69) is 27.3 Å². The number of halogens is 2. The molecule has 150 valence electrons. The van der Waals surface area contributed by atoms with Gasteiger partial charge in [-0.15, -0.1) is 0 Å². The molecule has 2 heterocycles. The summed E-state index contributed by atoms with van der Waals surface area (Å²) in [6.45, 7) is 2.21. The van der Waals surface area contributed by atoms with E-state index in [1.165, 1.54) is 36.3 Å². The molecule has 1 fully saturated rings. The standard InChI is InChI=1S/C21H20Cl2N4OS/c22-15-5-4-6-16(23)17(15)18(28)19-20(24)26-21(29-19)25-13-7-9-14(10-8-13)27-11-2-1-3-12-27/h4-10H,1-3,11-12,24H2,(H,25,26). The Morgan fingerprint density at radius 3 is 2.34 bits per heavy atom. The van der Waals surface area contributed by atoms with E-state index >= 15 is 0 Å². The van der Waals surface area contributed by atoms with Gasteiger partial charge in [0.15, 0.2) is 5.13 Å². The number of aromatic nitrogens is 1. The summed E-state index contributed by atoms with van der Waals surface area (Å²) >= 11 is 13.5. The van der Waals surface area contributed by atoms with Crippen molar-refractivity contribution in [2.45, 2.75) is 19.3 Å². The van der Waals surface area contributed by atoms with Crippen LogP contribution in [0.15, 0.2) is 42.5 Å². The second-order valence-corrected chi connectivity index (χ2v) is 8.69. The van der Waals surface area contributed by atoms with Crippen LogP contribution in [0.2, 0.25) is 10.0 Å². The predicted octanol–water partition coefficient (Wildman–Crippen LogP) is 6.00. The number of nitrogens with one attached hydrogen (secondary N) is 1. The molecule has 3 N–H and O–H groups in total. The van der Waals surface area contributed by atoms with E-state index in [0.29, 0.717) is 10.0 Å². The Morgan fingerprint density at radius 1 is 1.03 bits per heavy atom. The van der Waals surface area contributed by atoms with Gasteiger partial charge in [0.25, 0.3) is 0 Å². The van der Waals surface area contributed by atoms with Crippen LogP contribution in [0.25, 0.3) is 0 Å². The normalized spacial score (nSPS) is 14.1. The molecule has 3 aromatic rings. The lowest BCUT2D eigenvalue weighted by molar-refractivity contribution is 0.104. The van der Waals surface area contributed by atoms with E-state index in [1.807, 2.05) is 12.1 Å². The smallest absolute Gasteiger partial charge is 0.209 e. The molecule has 0 saturated carbocycles. The van der Waals surface area contributed by atoms with Crippen LogP contribution < -0.4 is 16.0 Å². The summed E-state index contributed by atoms with van der Waals surface area (Å²) in [7, 11) is 0. The Kier molecular flexibility index (Phi) is 5.94. The van der Waals surface area contributed by atoms with Gasteiger partial charge in [0, 0.05) is 24.5 Å². The number of benzene rings is 2. The third-order valence-electron chi connectivity index (χ3n) is 4.89. The number of nitrogens with two attached hydrogens (primary N) is 1. The molecule has 0 amide bonds. The molecule has 0 aliphatic carbocycles. The van der Waals surface area contributed by atoms with Gasteiger partial charge in [-0.1, -0.05) is 40.6 Å². The molecule has 1 saturated heterocycles. The molecule has 0 atom stereocenters. The maximum absolute atomic E-state index is 12.9. The Morgan fingerprint density at radius 2 is 1.69 bits per heavy atom. The first-order valence-corrected chi connectivity index (χ1v) is 11.0. The Hall–Kier alpha value is -2.28. The van der Waals surface area contributed by atoms with Crippen LogP contribution in [-0.2, 0) is 0 Å². The number of hydrogen-bond donors (Lipinski definition) is 2. The number of carbonyl (C=O) groups excluding carboxylic acids is 1. The second kappa shape index (κ2) is 8.61. The van der Waals surface area contributed by atoms with Gasteiger partial charge in [0.1, 0.15) is 10.7 Å². The van der Waals surface area contributed by atoms with Gasteiger partial charge in [-0.25, -0.2) is 4.98 Å². The summed E-state index contributed by atoms with van der Waals surface area (Å²) in [6, 6.07) is 13.2. The zero-order valence-corrected chi connectivity index (χ0v) is 17.9. The highest BCUT2D eigenvalue weighted by atomic mass is 35.5. The van der Waals surface area contributed by atoms with Crippen LogP contribution in [0.4, 0.5) is 22.3 Å². The summed E-state index contributed by atoms with van der Waals surface area (Å²) in [5.74, 6) is -0.174. The van der Waals surface area contributed by atoms with Gasteiger partial charge in [-0.2, -0.15) is 0 Å². The van der Waals surface area contributed by atoms with Crippen molar-refractivity contribution in [3.63, 3.8) is 0 Å². The first kappa shape index (κ1) is 20.0. The fraction of sp³-hybridized carbons (Fsp3) is 0.238. The first-order chi connectivity index (χ1) is 14.0. The minimum Gasteiger partial charge on any atom is -0.382 e. The SMILES string of the molecule is Nc1nc(Nc2ccc(N3CCCCC3)cc2)sc1C(=O)c1c(Cl)cccc1Cl. The van der Waals surface area contributed by atoms with Crippen molar-refractivity contribution in [3.05, 3.63) is 63.0 Å². The average molecular weight is 447 g/mol. The third-order valence-corrected chi connectivity index (χ3v) is 6.50. The lowest BCUT2D eigenvalue weighted by Crippen LogP contribution is -2.29. The molecule has 5 nitrogen and oxygen atoms in total. The average Bonchev–Trinajstić information content (AvgIpc) is 3.09. The van der Waals surface area contributed by atoms with E-state index in [4.69, 9.17) is 28.9 Å². The summed E-state index contributed by atoms with van der Waals surface area (Å²) in [4.78, 5) is 19.9. The largest absolute Gasteiger partial charge is 0.382 e. The topological polar surface area (TPSA) is 71.2 Å². The minimum absolute atomic E-state index is 0.156. The Bertz CT molecular complexity index is 1010. The van der Waals surface area contributed by atoms with Crippen LogP contribution >= 0.6 is 34.5 Å². The Balaban J connectivity index is 1.51. The molecule has 8 heteroatoms. The van der Waals surface area contributed by atoms with Gasteiger partial charge in [0.05, 0.1) is 15.6 Å². The van der Waals surface area contributed by atoms with Crippen molar-refractivity contribution in [1.29, 1.82) is 0 Å². The highest BCUT2D eigenvalue weighted by Gasteiger charge is 2.22. The van der Waals surface area contributed by atoms with Crippen LogP contribution in [0.3, 0.4) is 0 Å². The van der Waals surface area contributed by atoms with Gasteiger partial charge >= 0.3 is 0 Å². The lowest BCUT2D eigenvalue weighted by Gasteiger charge is -2.28. The van der Waals surface area contributed by atoms with Crippen molar-refractivity contribution in [2.75, 3.05) is 29.0 Å². The minimum atomic E-state index is -0.330. The van der Waals surface area contributed by atoms with Crippen LogP contribution in [0.5, 0.6) is 0 Å². The van der Waals surface area contributed by atoms with E-state index < -0.39 is 0 Å². The molecule has 0 spiro atoms. The van der Waals surface area contributed by atoms with Gasteiger partial charge < -0.3 is 16.0 Å². The van der Waals surface area contributed by atoms with Crippen LogP contribution in [-0.4, -0.2) is 23.9 Å². The fourth-order valence-corrected chi connectivity index (χ4v) is 4.83. The summed E-state index contributed by atoms with van der Waals surface area (Å²) in [6.07, 6.45) is 3.79. The van der Waals surface area contributed by atoms with Crippen molar-refractivity contribution in [3.8, 4) is 0 Å². The number of ketones is 1. The molecule has 29 heavy (non-hydrogen) atoms. The summed E-state index contributed by atoms with van der Waals surface area (Å²) < 4.78 is 0. The van der Waals surface area contributed by atoms with E-state index in [0.717, 1.165) is 18.8 Å². The van der Waals surface area contributed by atoms with Crippen molar-refractivity contribution >= 4 is 62.6 Å². The van der Waals surface area contributed by atoms with Crippen molar-refractivity contribution in [1.82, 2.24) is 4.98 Å². The zero-order chi connectivity index (χ0) is 20.4. The number of thiazole rings is 1. The van der Waals surface area contributed by atoms with Gasteiger partial charge in [-0.05, 0) is 55.7 Å². The number of hydrogen-bond acceptors (Lipinski definition) is 6. The van der Waals surface area contributed by atoms with Crippen LogP contribution in [0, 0.1) is 0 Å². The fourth-order valence-electron chi connectivity index (χ4n) is 3.41. The van der Waals surface area contributed by atoms with Crippen LogP contribution in [0.1, 0.15) is 34.5 Å². The van der Waals surface area contributed by atoms with Gasteiger partial charge in [0.2, 0.25) is 5.78 Å². The number of nitrogens with zero attached hydrogens (tertiary/aromatic N) is 2. The molecular formula is C21H20Cl2N4OS. The number of nitrogen functional groups attached to an aromatic ring is 1. The maximum Gasteiger partial charge on any atom is 0.209 e. The predicted molar refractivity (Wildman–Crippen MR) is 122 cm³/mol. The molecule has 4 rings (SSSR count). The number of carbonyl (C=O) groups is 1. The molecular weight excluding hydrogens is 427 g/mol. The van der Waals surface area contributed by atoms with E-state index in [1.54, 1.807) is 18.2 Å². The quantitative estimate of drug-likeness (QED) is 0.470. The Labute approximate surface area is 183 Å². The number of anilines is 4. The molecule has 0 radical (unpaired) electrons. The molecule has 1 aliphatic rings. The molecule has 2 aromatic carbocycles. The lowest BCUT2D eigenvalue weighted by atomic mass is 10.1. The third kappa shape index (κ3) is 4.34. The van der Waals surface area contributed by atoms with E-state index in [-0.39, 0.29) is 27.2 Å². The molecule has 1 aliphatic heterocycles. The van der Waals surface area contributed by atoms with Crippen molar-refractivity contribution in [2.24, 2.45) is 0 Å². The maximum atomic E-state index is 12.9. The molecule has 1 aromatic heterocycles. The number of piperidine rings is 1. The summed E-state index contributed by atoms with van der Waals surface area (Å²) in [5, 5.41) is 4.34. The monoisotopic (exact) mass is 446 g/mol. The molecule has 0 unspecified atom stereocenters.